The predicted molar refractivity (Wildman–Crippen MR) is 76.5 cm³/mol. The molecule has 0 radical (unpaired) electrons. The second-order valence-electron chi connectivity index (χ2n) is 6.04. The molecule has 1 rings (SSSR count). The van der Waals surface area contributed by atoms with Gasteiger partial charge in [-0.15, -0.1) is 0 Å². The maximum Gasteiger partial charge on any atom is 0.247 e. The number of nitrogens with one attached hydrogen (secondary N) is 1. The summed E-state index contributed by atoms with van der Waals surface area (Å²) in [6, 6.07) is 0.260. The molecule has 3 heteroatoms. The normalized spacial score (nSPS) is 17.8. The van der Waals surface area contributed by atoms with E-state index in [0.717, 1.165) is 37.8 Å². The van der Waals surface area contributed by atoms with Gasteiger partial charge in [0.05, 0.1) is 0 Å². The van der Waals surface area contributed by atoms with Gasteiger partial charge in [0.1, 0.15) is 0 Å². The molecule has 1 atom stereocenters. The minimum absolute atomic E-state index is 0.155. The second-order valence-corrected chi connectivity index (χ2v) is 6.04. The molecule has 0 aromatic rings. The third-order valence-corrected chi connectivity index (χ3v) is 3.26. The third kappa shape index (κ3) is 5.67. The highest BCUT2D eigenvalue weighted by Crippen LogP contribution is 2.17. The van der Waals surface area contributed by atoms with E-state index in [1.807, 2.05) is 0 Å². The summed E-state index contributed by atoms with van der Waals surface area (Å²) < 4.78 is 0. The minimum Gasteiger partial charge on any atom is -0.348 e. The molecular formula is C15H28N2O. The van der Waals surface area contributed by atoms with Crippen LogP contribution in [0.1, 0.15) is 46.0 Å². The van der Waals surface area contributed by atoms with Crippen LogP contribution in [0, 0.1) is 5.92 Å². The van der Waals surface area contributed by atoms with Crippen molar-refractivity contribution in [2.75, 3.05) is 20.6 Å². The fourth-order valence-electron chi connectivity index (χ4n) is 2.51. The fourth-order valence-corrected chi connectivity index (χ4v) is 2.51. The Kier molecular flexibility index (Phi) is 6.41. The number of carbonyl (C=O) groups excluding carboxylic acids is 1. The molecule has 0 aromatic carbocycles. The Bertz CT molecular complexity index is 285. The molecule has 1 aliphatic carbocycles. The molecule has 104 valence electrons. The maximum absolute atomic E-state index is 12.2. The van der Waals surface area contributed by atoms with Crippen LogP contribution in [0.3, 0.4) is 0 Å². The van der Waals surface area contributed by atoms with Gasteiger partial charge in [0.25, 0.3) is 0 Å². The molecule has 0 aliphatic heterocycles. The molecule has 0 fully saturated rings. The molecule has 18 heavy (non-hydrogen) atoms. The van der Waals surface area contributed by atoms with Gasteiger partial charge in [-0.25, -0.2) is 0 Å². The van der Waals surface area contributed by atoms with E-state index in [1.165, 1.54) is 6.42 Å². The van der Waals surface area contributed by atoms with Crippen molar-refractivity contribution >= 4 is 5.91 Å². The molecule has 1 amide bonds. The van der Waals surface area contributed by atoms with Crippen molar-refractivity contribution in [1.29, 1.82) is 0 Å². The van der Waals surface area contributed by atoms with Crippen LogP contribution in [0.5, 0.6) is 0 Å². The van der Waals surface area contributed by atoms with E-state index in [-0.39, 0.29) is 11.9 Å². The first-order valence-electron chi connectivity index (χ1n) is 7.13. The van der Waals surface area contributed by atoms with Crippen LogP contribution < -0.4 is 5.32 Å². The summed E-state index contributed by atoms with van der Waals surface area (Å²) >= 11 is 0. The Balaban J connectivity index is 2.52. The lowest BCUT2D eigenvalue weighted by Gasteiger charge is -2.25. The van der Waals surface area contributed by atoms with Crippen LogP contribution in [0.4, 0.5) is 0 Å². The van der Waals surface area contributed by atoms with Crippen LogP contribution in [0.25, 0.3) is 0 Å². The van der Waals surface area contributed by atoms with Crippen molar-refractivity contribution in [3.63, 3.8) is 0 Å². The van der Waals surface area contributed by atoms with Gasteiger partial charge in [-0.3, -0.25) is 4.79 Å². The van der Waals surface area contributed by atoms with E-state index >= 15 is 0 Å². The molecule has 0 saturated carbocycles. The highest BCUT2D eigenvalue weighted by Gasteiger charge is 2.18. The van der Waals surface area contributed by atoms with Crippen LogP contribution in [-0.4, -0.2) is 37.5 Å². The van der Waals surface area contributed by atoms with E-state index in [1.54, 1.807) is 0 Å². The van der Waals surface area contributed by atoms with E-state index in [2.05, 4.69) is 44.2 Å². The topological polar surface area (TPSA) is 32.3 Å². The number of amides is 1. The number of nitrogens with zero attached hydrogens (tertiary/aromatic N) is 1. The molecule has 0 aromatic heterocycles. The summed E-state index contributed by atoms with van der Waals surface area (Å²) in [5, 5.41) is 3.20. The van der Waals surface area contributed by atoms with Gasteiger partial charge in [-0.2, -0.15) is 0 Å². The predicted octanol–water partition coefficient (Wildman–Crippen LogP) is 2.58. The number of allylic oxidation sites excluding steroid dienone is 1. The summed E-state index contributed by atoms with van der Waals surface area (Å²) in [5.41, 5.74) is 0.994. The highest BCUT2D eigenvalue weighted by atomic mass is 16.1. The smallest absolute Gasteiger partial charge is 0.247 e. The van der Waals surface area contributed by atoms with Gasteiger partial charge in [0, 0.05) is 18.2 Å². The SMILES string of the molecule is CC(C)C[C@H](CN(C)C)NC(=O)C1=CCCCC1. The van der Waals surface area contributed by atoms with Gasteiger partial charge < -0.3 is 10.2 Å². The molecule has 1 N–H and O–H groups in total. The summed E-state index contributed by atoms with van der Waals surface area (Å²) in [6.07, 6.45) is 7.54. The summed E-state index contributed by atoms with van der Waals surface area (Å²) in [5.74, 6) is 0.762. The summed E-state index contributed by atoms with van der Waals surface area (Å²) in [6.45, 7) is 5.32. The quantitative estimate of drug-likeness (QED) is 0.788. The van der Waals surface area contributed by atoms with Crippen LogP contribution in [-0.2, 0) is 4.79 Å². The van der Waals surface area contributed by atoms with Crippen molar-refractivity contribution in [2.24, 2.45) is 5.92 Å². The minimum atomic E-state index is 0.155. The van der Waals surface area contributed by atoms with Gasteiger partial charge in [0.15, 0.2) is 0 Å². The first-order chi connectivity index (χ1) is 8.49. The van der Waals surface area contributed by atoms with Crippen molar-refractivity contribution in [1.82, 2.24) is 10.2 Å². The largest absolute Gasteiger partial charge is 0.348 e. The molecule has 0 heterocycles. The monoisotopic (exact) mass is 252 g/mol. The first kappa shape index (κ1) is 15.2. The van der Waals surface area contributed by atoms with Crippen LogP contribution in [0.15, 0.2) is 11.6 Å². The zero-order valence-corrected chi connectivity index (χ0v) is 12.3. The van der Waals surface area contributed by atoms with E-state index < -0.39 is 0 Å². The summed E-state index contributed by atoms with van der Waals surface area (Å²) in [4.78, 5) is 14.3. The molecule has 1 aliphatic rings. The number of hydrogen-bond donors (Lipinski definition) is 1. The number of hydrogen-bond acceptors (Lipinski definition) is 2. The lowest BCUT2D eigenvalue weighted by Crippen LogP contribution is -2.43. The van der Waals surface area contributed by atoms with Crippen molar-refractivity contribution in [3.05, 3.63) is 11.6 Å². The standard InChI is InChI=1S/C15H28N2O/c1-12(2)10-14(11-17(3)4)16-15(18)13-8-6-5-7-9-13/h8,12,14H,5-7,9-11H2,1-4H3,(H,16,18)/t14-/m1/s1. The van der Waals surface area contributed by atoms with E-state index in [9.17, 15) is 4.79 Å². The van der Waals surface area contributed by atoms with Crippen molar-refractivity contribution in [3.8, 4) is 0 Å². The van der Waals surface area contributed by atoms with Gasteiger partial charge in [-0.1, -0.05) is 19.9 Å². The zero-order chi connectivity index (χ0) is 13.5. The summed E-state index contributed by atoms with van der Waals surface area (Å²) in [7, 11) is 4.11. The number of likely N-dealkylation sites (N-methyl/N-ethyl adjacent to an activating group) is 1. The lowest BCUT2D eigenvalue weighted by atomic mass is 9.98. The Hall–Kier alpha value is -0.830. The number of carbonyl (C=O) groups is 1. The van der Waals surface area contributed by atoms with Crippen molar-refractivity contribution < 1.29 is 4.79 Å². The van der Waals surface area contributed by atoms with Gasteiger partial charge in [-0.05, 0) is 52.1 Å². The van der Waals surface area contributed by atoms with E-state index in [0.29, 0.717) is 5.92 Å². The van der Waals surface area contributed by atoms with Crippen molar-refractivity contribution in [2.45, 2.75) is 52.0 Å². The Labute approximate surface area is 112 Å². The Morgan fingerprint density at radius 3 is 2.61 bits per heavy atom. The second kappa shape index (κ2) is 7.57. The average Bonchev–Trinajstić information content (AvgIpc) is 2.28. The molecule has 0 saturated heterocycles. The molecule has 0 spiro atoms. The zero-order valence-electron chi connectivity index (χ0n) is 12.3. The molecular weight excluding hydrogens is 224 g/mol. The number of rotatable bonds is 6. The van der Waals surface area contributed by atoms with Crippen LogP contribution >= 0.6 is 0 Å². The maximum atomic E-state index is 12.2. The Morgan fingerprint density at radius 1 is 1.39 bits per heavy atom. The molecule has 0 unspecified atom stereocenters. The molecule has 3 nitrogen and oxygen atoms in total. The lowest BCUT2D eigenvalue weighted by molar-refractivity contribution is -0.118. The molecule has 0 bridgehead atoms. The Morgan fingerprint density at radius 2 is 2.11 bits per heavy atom. The van der Waals surface area contributed by atoms with E-state index in [4.69, 9.17) is 0 Å². The third-order valence-electron chi connectivity index (χ3n) is 3.26. The average molecular weight is 252 g/mol. The first-order valence-corrected chi connectivity index (χ1v) is 7.13. The van der Waals surface area contributed by atoms with Gasteiger partial charge >= 0.3 is 0 Å². The highest BCUT2D eigenvalue weighted by molar-refractivity contribution is 5.93. The van der Waals surface area contributed by atoms with Gasteiger partial charge in [0.2, 0.25) is 5.91 Å². The van der Waals surface area contributed by atoms with Crippen LogP contribution in [0.2, 0.25) is 0 Å². The fraction of sp³-hybridized carbons (Fsp3) is 0.800.